The zero-order chi connectivity index (χ0) is 16.7. The van der Waals surface area contributed by atoms with Crippen LogP contribution in [-0.2, 0) is 11.0 Å². The zero-order valence-corrected chi connectivity index (χ0v) is 13.6. The average molecular weight is 335 g/mol. The number of pyridine rings is 1. The third-order valence-corrected chi connectivity index (χ3v) is 5.02. The van der Waals surface area contributed by atoms with Crippen molar-refractivity contribution in [2.75, 3.05) is 4.72 Å². The van der Waals surface area contributed by atoms with Crippen molar-refractivity contribution in [1.82, 2.24) is 14.4 Å². The monoisotopic (exact) mass is 335 g/mol. The maximum Gasteiger partial charge on any atom is 0.151 e. The number of nitrogens with one attached hydrogen (secondary N) is 2. The highest BCUT2D eigenvalue weighted by Gasteiger charge is 2.13. The van der Waals surface area contributed by atoms with Gasteiger partial charge in [-0.25, -0.2) is 9.19 Å². The minimum absolute atomic E-state index is 0.580. The van der Waals surface area contributed by atoms with Gasteiger partial charge in [0, 0.05) is 30.2 Å². The number of aromatic amines is 1. The fourth-order valence-corrected chi connectivity index (χ4v) is 3.65. The van der Waals surface area contributed by atoms with E-state index in [4.69, 9.17) is 0 Å². The van der Waals surface area contributed by atoms with Gasteiger partial charge in [0.25, 0.3) is 0 Å². The summed E-state index contributed by atoms with van der Waals surface area (Å²) in [4.78, 5) is 7.91. The summed E-state index contributed by atoms with van der Waals surface area (Å²) >= 11 is 0. The largest absolute Gasteiger partial charge is 0.358 e. The van der Waals surface area contributed by atoms with Crippen LogP contribution < -0.4 is 4.72 Å². The Morgan fingerprint density at radius 1 is 1.33 bits per heavy atom. The molecule has 0 aliphatic carbocycles. The number of aryl methyl sites for hydroxylation is 1. The SMILES string of the molecule is Cc1ccc(NS(=O)c2ccc3nccn3c2)c2[nH]cc(C#N)c12. The Morgan fingerprint density at radius 3 is 3.04 bits per heavy atom. The standard InChI is InChI=1S/C17H13N5OS/c1-11-2-4-14(17-16(11)12(8-18)9-20-17)21-24(23)13-3-5-15-19-6-7-22(15)10-13/h2-7,9-10,20-21H,1H3. The number of fused-ring (bicyclic) bond motifs is 2. The summed E-state index contributed by atoms with van der Waals surface area (Å²) in [6, 6.07) is 9.56. The van der Waals surface area contributed by atoms with Crippen LogP contribution in [0.1, 0.15) is 11.1 Å². The van der Waals surface area contributed by atoms with Crippen LogP contribution in [0, 0.1) is 18.3 Å². The summed E-state index contributed by atoms with van der Waals surface area (Å²) in [6.45, 7) is 1.95. The van der Waals surface area contributed by atoms with E-state index in [2.05, 4.69) is 20.8 Å². The third kappa shape index (κ3) is 2.25. The lowest BCUT2D eigenvalue weighted by molar-refractivity contribution is 0.686. The molecule has 0 aliphatic rings. The Morgan fingerprint density at radius 2 is 2.21 bits per heavy atom. The van der Waals surface area contributed by atoms with Gasteiger partial charge in [-0.1, -0.05) is 6.07 Å². The van der Waals surface area contributed by atoms with Gasteiger partial charge in [-0.15, -0.1) is 0 Å². The van der Waals surface area contributed by atoms with Crippen molar-refractivity contribution in [3.8, 4) is 6.07 Å². The van der Waals surface area contributed by atoms with Crippen LogP contribution in [0.5, 0.6) is 0 Å². The van der Waals surface area contributed by atoms with E-state index in [-0.39, 0.29) is 0 Å². The fourth-order valence-electron chi connectivity index (χ4n) is 2.76. The number of hydrogen-bond donors (Lipinski definition) is 2. The second-order valence-electron chi connectivity index (χ2n) is 5.42. The molecule has 3 aromatic heterocycles. The van der Waals surface area contributed by atoms with Gasteiger partial charge < -0.3 is 9.38 Å². The van der Waals surface area contributed by atoms with Gasteiger partial charge in [-0.05, 0) is 30.7 Å². The van der Waals surface area contributed by atoms with E-state index in [1.807, 2.05) is 35.7 Å². The number of nitrogens with zero attached hydrogens (tertiary/aromatic N) is 3. The van der Waals surface area contributed by atoms with Crippen molar-refractivity contribution >= 4 is 33.2 Å². The van der Waals surface area contributed by atoms with Crippen LogP contribution in [0.15, 0.2) is 53.9 Å². The van der Waals surface area contributed by atoms with E-state index in [9.17, 15) is 9.47 Å². The number of rotatable bonds is 3. The molecule has 1 atom stereocenters. The molecule has 0 spiro atoms. The average Bonchev–Trinajstić information content (AvgIpc) is 3.23. The molecule has 118 valence electrons. The molecule has 6 nitrogen and oxygen atoms in total. The molecule has 0 fully saturated rings. The molecule has 0 saturated heterocycles. The highest BCUT2D eigenvalue weighted by atomic mass is 32.2. The molecule has 0 amide bonds. The number of benzene rings is 1. The van der Waals surface area contributed by atoms with Crippen molar-refractivity contribution < 1.29 is 4.21 Å². The van der Waals surface area contributed by atoms with Crippen molar-refractivity contribution in [3.05, 3.63) is 60.2 Å². The summed E-state index contributed by atoms with van der Waals surface area (Å²) in [7, 11) is -1.43. The molecular weight excluding hydrogens is 322 g/mol. The molecule has 0 aliphatic heterocycles. The van der Waals surface area contributed by atoms with Crippen LogP contribution in [0.4, 0.5) is 5.69 Å². The van der Waals surface area contributed by atoms with Crippen molar-refractivity contribution in [2.24, 2.45) is 0 Å². The van der Waals surface area contributed by atoms with E-state index in [1.54, 1.807) is 24.7 Å². The van der Waals surface area contributed by atoms with Gasteiger partial charge in [-0.2, -0.15) is 5.26 Å². The van der Waals surface area contributed by atoms with E-state index in [0.29, 0.717) is 16.1 Å². The number of nitriles is 1. The molecule has 4 rings (SSSR count). The maximum atomic E-state index is 12.7. The van der Waals surface area contributed by atoms with E-state index in [0.717, 1.165) is 22.1 Å². The molecule has 0 radical (unpaired) electrons. The van der Waals surface area contributed by atoms with Crippen LogP contribution in [0.2, 0.25) is 0 Å². The lowest BCUT2D eigenvalue weighted by atomic mass is 10.1. The summed E-state index contributed by atoms with van der Waals surface area (Å²) in [5, 5.41) is 10.1. The minimum Gasteiger partial charge on any atom is -0.358 e. The zero-order valence-electron chi connectivity index (χ0n) is 12.8. The first-order chi connectivity index (χ1) is 11.7. The topological polar surface area (TPSA) is 86.0 Å². The second-order valence-corrected chi connectivity index (χ2v) is 6.64. The highest BCUT2D eigenvalue weighted by Crippen LogP contribution is 2.29. The van der Waals surface area contributed by atoms with Gasteiger partial charge in [0.05, 0.1) is 21.7 Å². The van der Waals surface area contributed by atoms with Gasteiger partial charge >= 0.3 is 0 Å². The summed E-state index contributed by atoms with van der Waals surface area (Å²) < 4.78 is 17.5. The quantitative estimate of drug-likeness (QED) is 0.603. The lowest BCUT2D eigenvalue weighted by Gasteiger charge is -2.09. The van der Waals surface area contributed by atoms with Gasteiger partial charge in [0.2, 0.25) is 0 Å². The first-order valence-corrected chi connectivity index (χ1v) is 8.44. The highest BCUT2D eigenvalue weighted by molar-refractivity contribution is 7.86. The van der Waals surface area contributed by atoms with E-state index < -0.39 is 11.0 Å². The molecular formula is C17H13N5OS. The normalized spacial score (nSPS) is 12.3. The number of H-pyrrole nitrogens is 1. The molecule has 24 heavy (non-hydrogen) atoms. The lowest BCUT2D eigenvalue weighted by Crippen LogP contribution is -2.06. The predicted molar refractivity (Wildman–Crippen MR) is 93.0 cm³/mol. The number of imidazole rings is 1. The number of anilines is 1. The predicted octanol–water partition coefficient (Wildman–Crippen LogP) is 3.13. The summed E-state index contributed by atoms with van der Waals surface area (Å²) in [5.41, 5.74) is 3.86. The van der Waals surface area contributed by atoms with Crippen molar-refractivity contribution in [1.29, 1.82) is 5.26 Å². The Labute approximate surface area is 140 Å². The van der Waals surface area contributed by atoms with Crippen LogP contribution in [0.3, 0.4) is 0 Å². The first kappa shape index (κ1) is 14.5. The fraction of sp³-hybridized carbons (Fsp3) is 0.0588. The Balaban J connectivity index is 1.73. The molecule has 1 aromatic carbocycles. The summed E-state index contributed by atoms with van der Waals surface area (Å²) in [5.74, 6) is 0. The van der Waals surface area contributed by atoms with Crippen LogP contribution >= 0.6 is 0 Å². The molecule has 7 heteroatoms. The van der Waals surface area contributed by atoms with Crippen LogP contribution in [0.25, 0.3) is 16.6 Å². The molecule has 2 N–H and O–H groups in total. The molecule has 0 saturated carbocycles. The van der Waals surface area contributed by atoms with E-state index >= 15 is 0 Å². The molecule has 1 unspecified atom stereocenters. The van der Waals surface area contributed by atoms with Gasteiger partial charge in [0.1, 0.15) is 11.7 Å². The number of hydrogen-bond acceptors (Lipinski definition) is 3. The third-order valence-electron chi connectivity index (χ3n) is 3.94. The maximum absolute atomic E-state index is 12.7. The van der Waals surface area contributed by atoms with Gasteiger partial charge in [-0.3, -0.25) is 4.72 Å². The number of aromatic nitrogens is 3. The van der Waals surface area contributed by atoms with Crippen molar-refractivity contribution in [2.45, 2.75) is 11.8 Å². The second kappa shape index (κ2) is 5.51. The van der Waals surface area contributed by atoms with Crippen LogP contribution in [-0.4, -0.2) is 18.6 Å². The Hall–Kier alpha value is -3.11. The Kier molecular flexibility index (Phi) is 3.32. The van der Waals surface area contributed by atoms with E-state index in [1.165, 1.54) is 0 Å². The van der Waals surface area contributed by atoms with Crippen molar-refractivity contribution in [3.63, 3.8) is 0 Å². The van der Waals surface area contributed by atoms with Gasteiger partial charge in [0.15, 0.2) is 11.0 Å². The Bertz CT molecular complexity index is 1140. The smallest absolute Gasteiger partial charge is 0.151 e. The first-order valence-electron chi connectivity index (χ1n) is 7.29. The minimum atomic E-state index is -1.43. The molecule has 4 aromatic rings. The molecule has 0 bridgehead atoms. The molecule has 3 heterocycles. The summed E-state index contributed by atoms with van der Waals surface area (Å²) in [6.07, 6.45) is 6.96.